The molecule has 0 radical (unpaired) electrons. The second-order valence-electron chi connectivity index (χ2n) is 6.00. The monoisotopic (exact) mass is 437 g/mol. The molecular weight excluding hydrogens is 418 g/mol. The number of carbonyl (C=O) groups is 2. The topological polar surface area (TPSA) is 62.3 Å². The standard InChI is InChI=1S/C18H19N3O2S4/c1-12-11-26-17(19-12)20-15(22)7-3-2-4-8-21-16(23)14(27-18(21)24)10-13-6-5-9-25-13/h5-6,9-11H,2-4,7-8H2,1H3,(H,19,20,22)/b14-10+. The minimum Gasteiger partial charge on any atom is -0.302 e. The fourth-order valence-corrected chi connectivity index (χ4v) is 5.26. The number of amides is 2. The highest BCUT2D eigenvalue weighted by Gasteiger charge is 2.31. The maximum atomic E-state index is 12.5. The van der Waals surface area contributed by atoms with Crippen LogP contribution in [0.4, 0.5) is 5.13 Å². The van der Waals surface area contributed by atoms with Crippen molar-refractivity contribution >= 4 is 74.0 Å². The van der Waals surface area contributed by atoms with Gasteiger partial charge >= 0.3 is 0 Å². The minimum absolute atomic E-state index is 0.0183. The van der Waals surface area contributed by atoms with Crippen LogP contribution in [0.2, 0.25) is 0 Å². The van der Waals surface area contributed by atoms with Crippen molar-refractivity contribution in [1.82, 2.24) is 9.88 Å². The number of anilines is 1. The average molecular weight is 438 g/mol. The summed E-state index contributed by atoms with van der Waals surface area (Å²) >= 11 is 9.73. The van der Waals surface area contributed by atoms with Gasteiger partial charge in [-0.05, 0) is 37.3 Å². The van der Waals surface area contributed by atoms with Gasteiger partial charge in [0.05, 0.1) is 10.6 Å². The van der Waals surface area contributed by atoms with Gasteiger partial charge in [-0.2, -0.15) is 0 Å². The molecule has 2 amide bonds. The molecule has 0 bridgehead atoms. The van der Waals surface area contributed by atoms with E-state index < -0.39 is 0 Å². The Kier molecular flexibility index (Phi) is 7.17. The van der Waals surface area contributed by atoms with Crippen LogP contribution in [-0.4, -0.2) is 32.6 Å². The fourth-order valence-electron chi connectivity index (χ4n) is 2.52. The first kappa shape index (κ1) is 20.2. The molecule has 3 heterocycles. The van der Waals surface area contributed by atoms with Gasteiger partial charge in [0, 0.05) is 23.2 Å². The van der Waals surface area contributed by atoms with Crippen LogP contribution in [0.1, 0.15) is 36.3 Å². The Balaban J connectivity index is 1.38. The number of thiocarbonyl (C=S) groups is 1. The van der Waals surface area contributed by atoms with Crippen molar-refractivity contribution in [1.29, 1.82) is 0 Å². The van der Waals surface area contributed by atoms with Crippen molar-refractivity contribution in [2.24, 2.45) is 0 Å². The lowest BCUT2D eigenvalue weighted by atomic mass is 10.2. The van der Waals surface area contributed by atoms with Crippen LogP contribution in [0.3, 0.4) is 0 Å². The number of aromatic nitrogens is 1. The maximum Gasteiger partial charge on any atom is 0.266 e. The molecule has 0 atom stereocenters. The van der Waals surface area contributed by atoms with Crippen molar-refractivity contribution in [3.63, 3.8) is 0 Å². The molecular formula is C18H19N3O2S4. The summed E-state index contributed by atoms with van der Waals surface area (Å²) in [4.78, 5) is 32.0. The molecule has 1 aliphatic heterocycles. The summed E-state index contributed by atoms with van der Waals surface area (Å²) in [5.41, 5.74) is 0.909. The normalized spacial score (nSPS) is 15.7. The molecule has 0 aliphatic carbocycles. The maximum absolute atomic E-state index is 12.5. The number of rotatable bonds is 8. The molecule has 2 aromatic rings. The van der Waals surface area contributed by atoms with E-state index >= 15 is 0 Å². The number of thiophene rings is 1. The Labute approximate surface area is 175 Å². The lowest BCUT2D eigenvalue weighted by Crippen LogP contribution is -2.29. The molecule has 1 N–H and O–H groups in total. The first-order valence-electron chi connectivity index (χ1n) is 8.54. The van der Waals surface area contributed by atoms with Crippen molar-refractivity contribution in [3.8, 4) is 0 Å². The van der Waals surface area contributed by atoms with E-state index in [4.69, 9.17) is 12.2 Å². The predicted molar refractivity (Wildman–Crippen MR) is 118 cm³/mol. The summed E-state index contributed by atoms with van der Waals surface area (Å²) in [6.07, 6.45) is 4.81. The van der Waals surface area contributed by atoms with Crippen molar-refractivity contribution in [2.45, 2.75) is 32.6 Å². The Morgan fingerprint density at radius 2 is 2.19 bits per heavy atom. The zero-order valence-electron chi connectivity index (χ0n) is 14.8. The van der Waals surface area contributed by atoms with Crippen molar-refractivity contribution < 1.29 is 9.59 Å². The molecule has 1 fully saturated rings. The van der Waals surface area contributed by atoms with E-state index in [0.29, 0.717) is 27.3 Å². The third-order valence-corrected chi connectivity index (χ3v) is 6.91. The molecule has 27 heavy (non-hydrogen) atoms. The summed E-state index contributed by atoms with van der Waals surface area (Å²) in [5.74, 6) is -0.0378. The second kappa shape index (κ2) is 9.59. The smallest absolute Gasteiger partial charge is 0.266 e. The van der Waals surface area contributed by atoms with Gasteiger partial charge in [0.2, 0.25) is 5.91 Å². The van der Waals surface area contributed by atoms with Crippen LogP contribution in [0.25, 0.3) is 6.08 Å². The Morgan fingerprint density at radius 3 is 2.89 bits per heavy atom. The van der Waals surface area contributed by atoms with Crippen molar-refractivity contribution in [2.75, 3.05) is 11.9 Å². The number of unbranched alkanes of at least 4 members (excludes halogenated alkanes) is 2. The number of carbonyl (C=O) groups excluding carboxylic acids is 2. The Morgan fingerprint density at radius 1 is 1.33 bits per heavy atom. The van der Waals surface area contributed by atoms with Gasteiger partial charge in [-0.25, -0.2) is 4.98 Å². The van der Waals surface area contributed by atoms with Crippen LogP contribution in [-0.2, 0) is 9.59 Å². The van der Waals surface area contributed by atoms with E-state index in [1.54, 1.807) is 16.2 Å². The van der Waals surface area contributed by atoms with Crippen molar-refractivity contribution in [3.05, 3.63) is 38.4 Å². The molecule has 0 spiro atoms. The highest BCUT2D eigenvalue weighted by atomic mass is 32.2. The number of thioether (sulfide) groups is 1. The Hall–Kier alpha value is -1.55. The summed E-state index contributed by atoms with van der Waals surface area (Å²) in [6.45, 7) is 2.50. The number of nitrogens with one attached hydrogen (secondary N) is 1. The molecule has 9 heteroatoms. The molecule has 0 saturated carbocycles. The quantitative estimate of drug-likeness (QED) is 0.361. The molecule has 0 unspecified atom stereocenters. The first-order valence-corrected chi connectivity index (χ1v) is 11.5. The minimum atomic E-state index is -0.0196. The summed E-state index contributed by atoms with van der Waals surface area (Å²) < 4.78 is 0.611. The summed E-state index contributed by atoms with van der Waals surface area (Å²) in [6, 6.07) is 3.94. The number of hydrogen-bond donors (Lipinski definition) is 1. The van der Waals surface area contributed by atoms with E-state index in [-0.39, 0.29) is 11.8 Å². The van der Waals surface area contributed by atoms with E-state index in [9.17, 15) is 9.59 Å². The van der Waals surface area contributed by atoms with E-state index in [1.807, 2.05) is 35.9 Å². The zero-order chi connectivity index (χ0) is 19.2. The van der Waals surface area contributed by atoms with Gasteiger partial charge in [-0.15, -0.1) is 22.7 Å². The van der Waals surface area contributed by atoms with Crippen LogP contribution in [0, 0.1) is 6.92 Å². The van der Waals surface area contributed by atoms with Gasteiger partial charge < -0.3 is 5.32 Å². The summed E-state index contributed by atoms with van der Waals surface area (Å²) in [5, 5.41) is 7.35. The van der Waals surface area contributed by atoms with Crippen LogP contribution < -0.4 is 5.32 Å². The highest BCUT2D eigenvalue weighted by molar-refractivity contribution is 8.26. The molecule has 2 aromatic heterocycles. The largest absolute Gasteiger partial charge is 0.302 e. The molecule has 1 aliphatic rings. The van der Waals surface area contributed by atoms with Crippen LogP contribution in [0.5, 0.6) is 0 Å². The van der Waals surface area contributed by atoms with Gasteiger partial charge in [0.15, 0.2) is 5.13 Å². The number of nitrogens with zero attached hydrogens (tertiary/aromatic N) is 2. The highest BCUT2D eigenvalue weighted by Crippen LogP contribution is 2.33. The fraction of sp³-hybridized carbons (Fsp3) is 0.333. The molecule has 5 nitrogen and oxygen atoms in total. The van der Waals surface area contributed by atoms with Gasteiger partial charge in [0.25, 0.3) is 5.91 Å². The third kappa shape index (κ3) is 5.71. The first-order chi connectivity index (χ1) is 13.0. The molecule has 3 rings (SSSR count). The second-order valence-corrected chi connectivity index (χ2v) is 9.51. The van der Waals surface area contributed by atoms with Gasteiger partial charge in [0.1, 0.15) is 4.32 Å². The van der Waals surface area contributed by atoms with Crippen LogP contribution >= 0.6 is 46.7 Å². The van der Waals surface area contributed by atoms with Gasteiger partial charge in [-0.3, -0.25) is 14.5 Å². The lowest BCUT2D eigenvalue weighted by Gasteiger charge is -2.13. The van der Waals surface area contributed by atoms with E-state index in [0.717, 1.165) is 29.8 Å². The summed E-state index contributed by atoms with van der Waals surface area (Å²) in [7, 11) is 0. The Bertz CT molecular complexity index is 858. The van der Waals surface area contributed by atoms with E-state index in [2.05, 4.69) is 10.3 Å². The SMILES string of the molecule is Cc1csc(NC(=O)CCCCCN2C(=O)/C(=C\c3cccs3)SC2=S)n1. The third-order valence-electron chi connectivity index (χ3n) is 3.84. The lowest BCUT2D eigenvalue weighted by molar-refractivity contribution is -0.122. The zero-order valence-corrected chi connectivity index (χ0v) is 18.0. The number of thiazole rings is 1. The number of hydrogen-bond acceptors (Lipinski definition) is 7. The van der Waals surface area contributed by atoms with E-state index in [1.165, 1.54) is 23.1 Å². The number of aryl methyl sites for hydroxylation is 1. The average Bonchev–Trinajstić information content (AvgIpc) is 3.33. The molecule has 142 valence electrons. The van der Waals surface area contributed by atoms with Gasteiger partial charge in [-0.1, -0.05) is 36.5 Å². The van der Waals surface area contributed by atoms with Crippen LogP contribution in [0.15, 0.2) is 27.8 Å². The molecule has 1 saturated heterocycles. The molecule has 0 aromatic carbocycles. The predicted octanol–water partition coefficient (Wildman–Crippen LogP) is 4.91.